The van der Waals surface area contributed by atoms with E-state index in [0.29, 0.717) is 5.75 Å². The van der Waals surface area contributed by atoms with Gasteiger partial charge in [-0.2, -0.15) is 0 Å². The summed E-state index contributed by atoms with van der Waals surface area (Å²) < 4.78 is 30.1. The number of hydrogen-bond acceptors (Lipinski definition) is 3. The zero-order valence-corrected chi connectivity index (χ0v) is 8.38. The van der Waals surface area contributed by atoms with Gasteiger partial charge in [-0.15, -0.1) is 0 Å². The Morgan fingerprint density at radius 2 is 2.07 bits per heavy atom. The highest BCUT2D eigenvalue weighted by molar-refractivity contribution is 5.97. The summed E-state index contributed by atoms with van der Waals surface area (Å²) in [6.07, 6.45) is -2.77. The maximum absolute atomic E-state index is 12.6. The molecule has 0 aliphatic carbocycles. The van der Waals surface area contributed by atoms with Gasteiger partial charge in [-0.3, -0.25) is 4.79 Å². The highest BCUT2D eigenvalue weighted by Crippen LogP contribution is 2.32. The van der Waals surface area contributed by atoms with Gasteiger partial charge in [0, 0.05) is 17.3 Å². The van der Waals surface area contributed by atoms with Crippen LogP contribution in [-0.2, 0) is 0 Å². The number of nitrogens with two attached hydrogens (primary N) is 1. The minimum Gasteiger partial charge on any atom is -0.497 e. The smallest absolute Gasteiger partial charge is 0.266 e. The molecule has 2 N–H and O–H groups in total. The van der Waals surface area contributed by atoms with E-state index in [2.05, 4.69) is 0 Å². The van der Waals surface area contributed by atoms with Crippen molar-refractivity contribution >= 4 is 11.5 Å². The maximum atomic E-state index is 12.6. The first-order valence-electron chi connectivity index (χ1n) is 4.23. The van der Waals surface area contributed by atoms with E-state index >= 15 is 0 Å². The van der Waals surface area contributed by atoms with Crippen molar-refractivity contribution in [1.82, 2.24) is 0 Å². The molecular weight excluding hydrogens is 204 g/mol. The van der Waals surface area contributed by atoms with Crippen LogP contribution >= 0.6 is 0 Å². The van der Waals surface area contributed by atoms with Gasteiger partial charge < -0.3 is 10.5 Å². The molecule has 3 nitrogen and oxygen atoms in total. The number of methoxy groups -OCH3 is 1. The lowest BCUT2D eigenvalue weighted by Gasteiger charge is -2.11. The summed E-state index contributed by atoms with van der Waals surface area (Å²) in [6.45, 7) is 1.21. The van der Waals surface area contributed by atoms with Crippen LogP contribution in [-0.4, -0.2) is 12.9 Å². The Morgan fingerprint density at radius 1 is 1.47 bits per heavy atom. The molecule has 0 bridgehead atoms. The molecule has 1 aromatic rings. The summed E-state index contributed by atoms with van der Waals surface area (Å²) >= 11 is 0. The lowest BCUT2D eigenvalue weighted by atomic mass is 10.0. The Bertz CT molecular complexity index is 391. The van der Waals surface area contributed by atoms with E-state index in [0.717, 1.165) is 0 Å². The van der Waals surface area contributed by atoms with Crippen LogP contribution in [0.1, 0.15) is 29.3 Å². The average Bonchev–Trinajstić information content (AvgIpc) is 2.15. The molecular formula is C10H11F2NO2. The lowest BCUT2D eigenvalue weighted by molar-refractivity contribution is 0.0999. The van der Waals surface area contributed by atoms with Crippen LogP contribution in [0.3, 0.4) is 0 Å². The second kappa shape index (κ2) is 4.25. The number of Topliss-reactive ketones (excluding diaryl/α,β-unsaturated/α-hetero) is 1. The van der Waals surface area contributed by atoms with Crippen molar-refractivity contribution in [3.63, 3.8) is 0 Å². The fourth-order valence-electron chi connectivity index (χ4n) is 1.30. The summed E-state index contributed by atoms with van der Waals surface area (Å²) in [5.74, 6) is -0.169. The molecule has 82 valence electrons. The highest BCUT2D eigenvalue weighted by Gasteiger charge is 2.20. The van der Waals surface area contributed by atoms with Gasteiger partial charge in [0.05, 0.1) is 12.7 Å². The Kier molecular flexibility index (Phi) is 3.24. The average molecular weight is 215 g/mol. The van der Waals surface area contributed by atoms with E-state index in [1.807, 2.05) is 0 Å². The second-order valence-corrected chi connectivity index (χ2v) is 3.03. The predicted molar refractivity (Wildman–Crippen MR) is 52.4 cm³/mol. The van der Waals surface area contributed by atoms with Crippen molar-refractivity contribution in [3.8, 4) is 5.75 Å². The number of carbonyl (C=O) groups excluding carboxylic acids is 1. The highest BCUT2D eigenvalue weighted by atomic mass is 19.3. The molecule has 0 saturated heterocycles. The van der Waals surface area contributed by atoms with Crippen molar-refractivity contribution < 1.29 is 18.3 Å². The van der Waals surface area contributed by atoms with Crippen LogP contribution in [0.25, 0.3) is 0 Å². The molecule has 1 aromatic carbocycles. The molecule has 0 amide bonds. The summed E-state index contributed by atoms with van der Waals surface area (Å²) in [4.78, 5) is 11.1. The lowest BCUT2D eigenvalue weighted by Crippen LogP contribution is -2.05. The molecule has 0 unspecified atom stereocenters. The Balaban J connectivity index is 3.42. The van der Waals surface area contributed by atoms with Gasteiger partial charge in [-0.25, -0.2) is 8.78 Å². The van der Waals surface area contributed by atoms with Crippen LogP contribution in [0.15, 0.2) is 12.1 Å². The molecule has 0 saturated carbocycles. The molecule has 0 fully saturated rings. The third kappa shape index (κ3) is 2.23. The second-order valence-electron chi connectivity index (χ2n) is 3.03. The molecule has 0 aliphatic rings. The fraction of sp³-hybridized carbons (Fsp3) is 0.300. The number of halogens is 2. The van der Waals surface area contributed by atoms with Crippen molar-refractivity contribution in [2.75, 3.05) is 12.8 Å². The third-order valence-electron chi connectivity index (χ3n) is 2.02. The number of rotatable bonds is 3. The Morgan fingerprint density at radius 3 is 2.47 bits per heavy atom. The predicted octanol–water partition coefficient (Wildman–Crippen LogP) is 2.42. The number of anilines is 1. The van der Waals surface area contributed by atoms with Crippen molar-refractivity contribution in [1.29, 1.82) is 0 Å². The third-order valence-corrected chi connectivity index (χ3v) is 2.02. The number of benzene rings is 1. The van der Waals surface area contributed by atoms with Crippen molar-refractivity contribution in [2.45, 2.75) is 13.3 Å². The molecule has 0 spiro atoms. The molecule has 15 heavy (non-hydrogen) atoms. The monoisotopic (exact) mass is 215 g/mol. The quantitative estimate of drug-likeness (QED) is 0.622. The molecule has 0 radical (unpaired) electrons. The van der Waals surface area contributed by atoms with E-state index in [1.54, 1.807) is 0 Å². The van der Waals surface area contributed by atoms with Gasteiger partial charge in [0.25, 0.3) is 6.43 Å². The van der Waals surface area contributed by atoms with Gasteiger partial charge in [0.15, 0.2) is 5.78 Å². The first kappa shape index (κ1) is 11.4. The summed E-state index contributed by atoms with van der Waals surface area (Å²) in [5, 5.41) is 0. The first-order valence-corrected chi connectivity index (χ1v) is 4.23. The zero-order chi connectivity index (χ0) is 11.6. The van der Waals surface area contributed by atoms with Gasteiger partial charge in [-0.05, 0) is 13.0 Å². The SMILES string of the molecule is COc1cc(N)c(C(F)F)c(C(C)=O)c1. The summed E-state index contributed by atoms with van der Waals surface area (Å²) in [7, 11) is 1.38. The van der Waals surface area contributed by atoms with Crippen LogP contribution in [0.2, 0.25) is 0 Å². The molecule has 0 aliphatic heterocycles. The first-order chi connectivity index (χ1) is 6.97. The van der Waals surface area contributed by atoms with E-state index < -0.39 is 17.8 Å². The number of ketones is 1. The van der Waals surface area contributed by atoms with Crippen LogP contribution < -0.4 is 10.5 Å². The minimum absolute atomic E-state index is 0.0955. The van der Waals surface area contributed by atoms with Crippen LogP contribution in [0, 0.1) is 0 Å². The Hall–Kier alpha value is -1.65. The number of ether oxygens (including phenoxy) is 1. The standard InChI is InChI=1S/C10H11F2NO2/c1-5(14)7-3-6(15-2)4-8(13)9(7)10(11)12/h3-4,10H,13H2,1-2H3. The van der Waals surface area contributed by atoms with Crippen LogP contribution in [0.4, 0.5) is 14.5 Å². The van der Waals surface area contributed by atoms with Gasteiger partial charge in [0.1, 0.15) is 5.75 Å². The van der Waals surface area contributed by atoms with Crippen LogP contribution in [0.5, 0.6) is 5.75 Å². The fourth-order valence-corrected chi connectivity index (χ4v) is 1.30. The van der Waals surface area contributed by atoms with Gasteiger partial charge in [-0.1, -0.05) is 0 Å². The van der Waals surface area contributed by atoms with Crippen molar-refractivity contribution in [2.24, 2.45) is 0 Å². The van der Waals surface area contributed by atoms with Gasteiger partial charge in [0.2, 0.25) is 0 Å². The minimum atomic E-state index is -2.77. The normalized spacial score (nSPS) is 10.5. The number of nitrogen functional groups attached to an aromatic ring is 1. The van der Waals surface area contributed by atoms with Gasteiger partial charge >= 0.3 is 0 Å². The molecule has 0 heterocycles. The topological polar surface area (TPSA) is 52.3 Å². The Labute approximate surface area is 85.8 Å². The number of carbonyl (C=O) groups is 1. The van der Waals surface area contributed by atoms with E-state index in [-0.39, 0.29) is 11.3 Å². The van der Waals surface area contributed by atoms with E-state index in [1.165, 1.54) is 26.2 Å². The molecule has 0 atom stereocenters. The largest absolute Gasteiger partial charge is 0.497 e. The zero-order valence-electron chi connectivity index (χ0n) is 8.38. The molecule has 5 heteroatoms. The van der Waals surface area contributed by atoms with E-state index in [9.17, 15) is 13.6 Å². The van der Waals surface area contributed by atoms with E-state index in [4.69, 9.17) is 10.5 Å². The summed E-state index contributed by atoms with van der Waals surface area (Å²) in [5.41, 5.74) is 4.77. The molecule has 0 aromatic heterocycles. The summed E-state index contributed by atoms with van der Waals surface area (Å²) in [6, 6.07) is 2.54. The molecule has 1 rings (SSSR count). The maximum Gasteiger partial charge on any atom is 0.266 e. The number of alkyl halides is 2. The van der Waals surface area contributed by atoms with Crippen molar-refractivity contribution in [3.05, 3.63) is 23.3 Å². The number of hydrogen-bond donors (Lipinski definition) is 1.